The Kier molecular flexibility index (Phi) is 6.87. The van der Waals surface area contributed by atoms with Crippen LogP contribution in [0.2, 0.25) is 0 Å². The van der Waals surface area contributed by atoms with Gasteiger partial charge >= 0.3 is 0 Å². The minimum atomic E-state index is -0.394. The Hall–Kier alpha value is -3.48. The van der Waals surface area contributed by atoms with Crippen molar-refractivity contribution in [1.29, 1.82) is 0 Å². The van der Waals surface area contributed by atoms with E-state index in [9.17, 15) is 9.18 Å². The van der Waals surface area contributed by atoms with E-state index in [4.69, 9.17) is 5.11 Å². The predicted octanol–water partition coefficient (Wildman–Crippen LogP) is 4.74. The normalized spacial score (nSPS) is 14.3. The van der Waals surface area contributed by atoms with E-state index >= 15 is 0 Å². The van der Waals surface area contributed by atoms with Crippen LogP contribution in [0.1, 0.15) is 28.7 Å². The van der Waals surface area contributed by atoms with Crippen LogP contribution in [0.5, 0.6) is 0 Å². The molecule has 0 aliphatic carbocycles. The molecule has 0 saturated heterocycles. The molecule has 3 N–H and O–H groups in total. The molecule has 6 heteroatoms. The molecule has 170 valence electrons. The van der Waals surface area contributed by atoms with Crippen LogP contribution in [-0.4, -0.2) is 36.6 Å². The maximum absolute atomic E-state index is 13.8. The second-order valence-electron chi connectivity index (χ2n) is 8.48. The summed E-state index contributed by atoms with van der Waals surface area (Å²) in [5, 5.41) is 15.3. The number of aliphatic hydroxyl groups excluding tert-OH is 1. The fraction of sp³-hybridized carbons (Fsp3) is 0.222. The number of aliphatic hydroxyl groups is 1. The van der Waals surface area contributed by atoms with Gasteiger partial charge in [0.1, 0.15) is 5.82 Å². The van der Waals surface area contributed by atoms with Crippen molar-refractivity contribution in [2.45, 2.75) is 19.4 Å². The summed E-state index contributed by atoms with van der Waals surface area (Å²) in [5.74, 6) is -0.666. The summed E-state index contributed by atoms with van der Waals surface area (Å²) in [7, 11) is 4.05. The highest BCUT2D eigenvalue weighted by Crippen LogP contribution is 2.38. The van der Waals surface area contributed by atoms with Crippen LogP contribution >= 0.6 is 0 Å². The summed E-state index contributed by atoms with van der Waals surface area (Å²) in [6, 6.07) is 20.4. The molecule has 0 atom stereocenters. The number of carbonyl (C=O) groups is 1. The van der Waals surface area contributed by atoms with Crippen molar-refractivity contribution < 1.29 is 14.3 Å². The minimum absolute atomic E-state index is 0.149. The minimum Gasteiger partial charge on any atom is -0.396 e. The third-order valence-electron chi connectivity index (χ3n) is 5.56. The standard InChI is InChI=1S/C27H28FN3O2/c1-31(2)17-19-7-12-22(13-8-19)29-26(20-9-5-18(6-10-20)4-3-15-32)25-23-14-11-21(28)16-24(23)30-27(25)33/h5-14,16,29,32H,3-4,15,17H2,1-2H3,(H,30,33)/b26-25-. The van der Waals surface area contributed by atoms with E-state index in [-0.39, 0.29) is 12.5 Å². The van der Waals surface area contributed by atoms with Gasteiger partial charge in [-0.25, -0.2) is 4.39 Å². The van der Waals surface area contributed by atoms with E-state index < -0.39 is 5.82 Å². The third-order valence-corrected chi connectivity index (χ3v) is 5.56. The largest absolute Gasteiger partial charge is 0.396 e. The van der Waals surface area contributed by atoms with Crippen molar-refractivity contribution >= 4 is 28.6 Å². The van der Waals surface area contributed by atoms with Crippen LogP contribution in [0.15, 0.2) is 66.7 Å². The number of amides is 1. The van der Waals surface area contributed by atoms with Crippen LogP contribution in [0.4, 0.5) is 15.8 Å². The number of aryl methyl sites for hydroxylation is 1. The van der Waals surface area contributed by atoms with Gasteiger partial charge in [0.2, 0.25) is 0 Å². The highest BCUT2D eigenvalue weighted by atomic mass is 19.1. The number of fused-ring (bicyclic) bond motifs is 1. The topological polar surface area (TPSA) is 64.6 Å². The van der Waals surface area contributed by atoms with Crippen LogP contribution < -0.4 is 10.6 Å². The molecule has 0 aromatic heterocycles. The fourth-order valence-electron chi connectivity index (χ4n) is 4.00. The van der Waals surface area contributed by atoms with Gasteiger partial charge < -0.3 is 20.6 Å². The molecule has 0 radical (unpaired) electrons. The number of benzene rings is 3. The van der Waals surface area contributed by atoms with E-state index in [1.807, 2.05) is 50.5 Å². The highest BCUT2D eigenvalue weighted by molar-refractivity contribution is 6.37. The number of nitrogens with zero attached hydrogens (tertiary/aromatic N) is 1. The predicted molar refractivity (Wildman–Crippen MR) is 131 cm³/mol. The molecule has 0 fully saturated rings. The summed E-state index contributed by atoms with van der Waals surface area (Å²) < 4.78 is 13.8. The lowest BCUT2D eigenvalue weighted by Gasteiger charge is -2.16. The van der Waals surface area contributed by atoms with Crippen molar-refractivity contribution in [3.63, 3.8) is 0 Å². The highest BCUT2D eigenvalue weighted by Gasteiger charge is 2.28. The van der Waals surface area contributed by atoms with E-state index in [0.29, 0.717) is 28.9 Å². The Bertz CT molecular complexity index is 1170. The maximum atomic E-state index is 13.8. The third kappa shape index (κ3) is 5.30. The van der Waals surface area contributed by atoms with E-state index in [1.54, 1.807) is 6.07 Å². The van der Waals surface area contributed by atoms with Gasteiger partial charge in [0.25, 0.3) is 5.91 Å². The lowest BCUT2D eigenvalue weighted by Crippen LogP contribution is -2.11. The van der Waals surface area contributed by atoms with E-state index in [1.165, 1.54) is 17.7 Å². The second kappa shape index (κ2) is 9.98. The molecule has 3 aromatic carbocycles. The first-order chi connectivity index (χ1) is 15.9. The number of nitrogens with one attached hydrogen (secondary N) is 2. The molecule has 1 aliphatic heterocycles. The monoisotopic (exact) mass is 445 g/mol. The number of rotatable bonds is 8. The van der Waals surface area contributed by atoms with Crippen molar-refractivity contribution in [1.82, 2.24) is 4.90 Å². The number of halogens is 1. The van der Waals surface area contributed by atoms with Gasteiger partial charge in [0, 0.05) is 24.4 Å². The molecule has 3 aromatic rings. The Morgan fingerprint density at radius 3 is 2.36 bits per heavy atom. The molecule has 1 amide bonds. The SMILES string of the molecule is CN(C)Cc1ccc(N/C(=C2\C(=O)Nc3cc(F)ccc32)c2ccc(CCCO)cc2)cc1. The first kappa shape index (κ1) is 22.7. The van der Waals surface area contributed by atoms with Gasteiger partial charge in [-0.1, -0.05) is 36.4 Å². The molecule has 0 saturated carbocycles. The molecular formula is C27H28FN3O2. The Morgan fingerprint density at radius 2 is 1.70 bits per heavy atom. The second-order valence-corrected chi connectivity index (χ2v) is 8.48. The molecular weight excluding hydrogens is 417 g/mol. The summed E-state index contributed by atoms with van der Waals surface area (Å²) in [6.45, 7) is 0.987. The average Bonchev–Trinajstić information content (AvgIpc) is 3.11. The molecule has 0 unspecified atom stereocenters. The van der Waals surface area contributed by atoms with Gasteiger partial charge in [-0.15, -0.1) is 0 Å². The first-order valence-electron chi connectivity index (χ1n) is 11.0. The number of carbonyl (C=O) groups excluding carboxylic acids is 1. The van der Waals surface area contributed by atoms with E-state index in [2.05, 4.69) is 27.7 Å². The van der Waals surface area contributed by atoms with Gasteiger partial charge in [-0.05, 0) is 74.0 Å². The lowest BCUT2D eigenvalue weighted by atomic mass is 9.98. The summed E-state index contributed by atoms with van der Waals surface area (Å²) >= 11 is 0. The van der Waals surface area contributed by atoms with Crippen LogP contribution in [0, 0.1) is 5.82 Å². The first-order valence-corrected chi connectivity index (χ1v) is 11.0. The van der Waals surface area contributed by atoms with Gasteiger partial charge in [0.05, 0.1) is 17.0 Å². The molecule has 1 heterocycles. The lowest BCUT2D eigenvalue weighted by molar-refractivity contribution is -0.110. The Labute approximate surface area is 193 Å². The molecule has 0 bridgehead atoms. The molecule has 4 rings (SSSR count). The maximum Gasteiger partial charge on any atom is 0.258 e. The Morgan fingerprint density at radius 1 is 1.00 bits per heavy atom. The zero-order chi connectivity index (χ0) is 23.4. The van der Waals surface area contributed by atoms with Gasteiger partial charge in [-0.2, -0.15) is 0 Å². The Balaban J connectivity index is 1.75. The molecule has 0 spiro atoms. The van der Waals surface area contributed by atoms with Crippen LogP contribution in [0.25, 0.3) is 11.3 Å². The van der Waals surface area contributed by atoms with Gasteiger partial charge in [0.15, 0.2) is 0 Å². The fourth-order valence-corrected chi connectivity index (χ4v) is 4.00. The van der Waals surface area contributed by atoms with Crippen molar-refractivity contribution in [2.75, 3.05) is 31.3 Å². The van der Waals surface area contributed by atoms with Crippen LogP contribution in [0.3, 0.4) is 0 Å². The van der Waals surface area contributed by atoms with Gasteiger partial charge in [-0.3, -0.25) is 4.79 Å². The molecule has 5 nitrogen and oxygen atoms in total. The van der Waals surface area contributed by atoms with Crippen molar-refractivity contribution in [2.24, 2.45) is 0 Å². The molecule has 33 heavy (non-hydrogen) atoms. The average molecular weight is 446 g/mol. The van der Waals surface area contributed by atoms with Crippen molar-refractivity contribution in [3.8, 4) is 0 Å². The summed E-state index contributed by atoms with van der Waals surface area (Å²) in [5.41, 5.74) is 6.27. The quantitative estimate of drug-likeness (QED) is 0.438. The number of anilines is 2. The van der Waals surface area contributed by atoms with Crippen LogP contribution in [-0.2, 0) is 17.8 Å². The smallest absolute Gasteiger partial charge is 0.258 e. The van der Waals surface area contributed by atoms with Crippen molar-refractivity contribution in [3.05, 3.63) is 94.8 Å². The zero-order valence-electron chi connectivity index (χ0n) is 18.9. The van der Waals surface area contributed by atoms with E-state index in [0.717, 1.165) is 29.8 Å². The summed E-state index contributed by atoms with van der Waals surface area (Å²) in [6.07, 6.45) is 1.48. The summed E-state index contributed by atoms with van der Waals surface area (Å²) in [4.78, 5) is 15.1. The number of hydrogen-bond donors (Lipinski definition) is 3. The number of hydrogen-bond acceptors (Lipinski definition) is 4. The zero-order valence-corrected chi connectivity index (χ0v) is 18.9. The molecule has 1 aliphatic rings.